The number of aromatic nitrogens is 3. The summed E-state index contributed by atoms with van der Waals surface area (Å²) in [5.41, 5.74) is 4.66. The van der Waals surface area contributed by atoms with Crippen LogP contribution in [0.1, 0.15) is 31.2 Å². The molecule has 4 aromatic rings. The minimum Gasteiger partial charge on any atom is -0.361 e. The third-order valence-corrected chi connectivity index (χ3v) is 4.36. The molecule has 0 unspecified atom stereocenters. The number of nitrogens with one attached hydrogen (secondary N) is 3. The maximum atomic E-state index is 12.4. The Morgan fingerprint density at radius 1 is 1.16 bits per heavy atom. The van der Waals surface area contributed by atoms with E-state index in [9.17, 15) is 4.79 Å². The lowest BCUT2D eigenvalue weighted by Gasteiger charge is -2.04. The Bertz CT molecular complexity index is 1060. The van der Waals surface area contributed by atoms with Crippen LogP contribution in [-0.2, 0) is 11.2 Å². The van der Waals surface area contributed by atoms with Crippen LogP contribution in [0.4, 0.5) is 5.69 Å². The van der Waals surface area contributed by atoms with Crippen LogP contribution in [0.5, 0.6) is 0 Å². The number of fused-ring (bicyclic) bond motifs is 2. The lowest BCUT2D eigenvalue weighted by atomic mass is 10.1. The third kappa shape index (κ3) is 3.01. The van der Waals surface area contributed by atoms with E-state index in [0.29, 0.717) is 12.3 Å². The molecular formula is C20H20N4O. The number of carbonyl (C=O) groups excluding carboxylic acids is 1. The van der Waals surface area contributed by atoms with Crippen molar-refractivity contribution in [2.75, 3.05) is 5.32 Å². The summed E-state index contributed by atoms with van der Waals surface area (Å²) in [5, 5.41) is 4.05. The number of carbonyl (C=O) groups is 1. The van der Waals surface area contributed by atoms with Crippen molar-refractivity contribution < 1.29 is 4.79 Å². The van der Waals surface area contributed by atoms with Gasteiger partial charge in [-0.3, -0.25) is 4.79 Å². The molecule has 0 aliphatic carbocycles. The molecule has 4 rings (SSSR count). The fourth-order valence-corrected chi connectivity index (χ4v) is 3.03. The van der Waals surface area contributed by atoms with Gasteiger partial charge in [0.2, 0.25) is 5.91 Å². The highest BCUT2D eigenvalue weighted by atomic mass is 16.1. The molecule has 25 heavy (non-hydrogen) atoms. The van der Waals surface area contributed by atoms with Crippen LogP contribution < -0.4 is 5.32 Å². The standard InChI is InChI=1S/C20H20N4O/c1-12(2)20-23-17-8-7-14(10-18(17)24-20)22-19(25)9-13-11-21-16-6-4-3-5-15(13)16/h3-8,10-12,21H,9H2,1-2H3,(H,22,25)(H,23,24). The Morgan fingerprint density at radius 2 is 2.00 bits per heavy atom. The molecule has 2 heterocycles. The van der Waals surface area contributed by atoms with Crippen molar-refractivity contribution in [3.8, 4) is 0 Å². The maximum absolute atomic E-state index is 12.4. The van der Waals surface area contributed by atoms with E-state index < -0.39 is 0 Å². The number of benzene rings is 2. The zero-order valence-corrected chi connectivity index (χ0v) is 14.3. The summed E-state index contributed by atoms with van der Waals surface area (Å²) in [6.45, 7) is 4.20. The van der Waals surface area contributed by atoms with Crippen LogP contribution in [0, 0.1) is 0 Å². The minimum absolute atomic E-state index is 0.0382. The first-order valence-electron chi connectivity index (χ1n) is 8.44. The molecule has 0 aliphatic heterocycles. The monoisotopic (exact) mass is 332 g/mol. The van der Waals surface area contributed by atoms with Crippen molar-refractivity contribution >= 4 is 33.5 Å². The summed E-state index contributed by atoms with van der Waals surface area (Å²) in [6, 6.07) is 13.8. The summed E-state index contributed by atoms with van der Waals surface area (Å²) in [6.07, 6.45) is 2.23. The lowest BCUT2D eigenvalue weighted by Crippen LogP contribution is -2.14. The molecule has 2 aromatic carbocycles. The lowest BCUT2D eigenvalue weighted by molar-refractivity contribution is -0.115. The van der Waals surface area contributed by atoms with Crippen LogP contribution in [-0.4, -0.2) is 20.9 Å². The quantitative estimate of drug-likeness (QED) is 0.520. The SMILES string of the molecule is CC(C)c1nc2cc(NC(=O)Cc3c[nH]c4ccccc34)ccc2[nH]1. The second-order valence-corrected chi connectivity index (χ2v) is 6.59. The Kier molecular flexibility index (Phi) is 3.76. The Balaban J connectivity index is 1.53. The Morgan fingerprint density at radius 3 is 2.84 bits per heavy atom. The van der Waals surface area contributed by atoms with Gasteiger partial charge >= 0.3 is 0 Å². The molecule has 0 radical (unpaired) electrons. The van der Waals surface area contributed by atoms with Crippen molar-refractivity contribution in [3.63, 3.8) is 0 Å². The number of rotatable bonds is 4. The zero-order chi connectivity index (χ0) is 17.4. The molecule has 0 bridgehead atoms. The molecule has 0 spiro atoms. The molecule has 1 amide bonds. The number of amides is 1. The fourth-order valence-electron chi connectivity index (χ4n) is 3.03. The second-order valence-electron chi connectivity index (χ2n) is 6.59. The normalized spacial score (nSPS) is 11.5. The number of hydrogen-bond acceptors (Lipinski definition) is 2. The van der Waals surface area contributed by atoms with Gasteiger partial charge in [-0.25, -0.2) is 4.98 Å². The molecule has 5 nitrogen and oxygen atoms in total. The summed E-state index contributed by atoms with van der Waals surface area (Å²) in [7, 11) is 0. The van der Waals surface area contributed by atoms with Crippen molar-refractivity contribution in [2.24, 2.45) is 0 Å². The first kappa shape index (κ1) is 15.4. The summed E-state index contributed by atoms with van der Waals surface area (Å²) in [5.74, 6) is 1.26. The first-order valence-corrected chi connectivity index (χ1v) is 8.44. The van der Waals surface area contributed by atoms with E-state index in [1.807, 2.05) is 48.7 Å². The Labute approximate surface area is 145 Å². The Hall–Kier alpha value is -3.08. The summed E-state index contributed by atoms with van der Waals surface area (Å²) < 4.78 is 0. The van der Waals surface area contributed by atoms with Gasteiger partial charge in [-0.1, -0.05) is 32.0 Å². The predicted molar refractivity (Wildman–Crippen MR) is 101 cm³/mol. The van der Waals surface area contributed by atoms with Gasteiger partial charge in [-0.15, -0.1) is 0 Å². The summed E-state index contributed by atoms with van der Waals surface area (Å²) >= 11 is 0. The fraction of sp³-hybridized carbons (Fsp3) is 0.200. The van der Waals surface area contributed by atoms with Crippen molar-refractivity contribution in [2.45, 2.75) is 26.2 Å². The van der Waals surface area contributed by atoms with Crippen LogP contribution >= 0.6 is 0 Å². The van der Waals surface area contributed by atoms with Gasteiger partial charge in [0.25, 0.3) is 0 Å². The largest absolute Gasteiger partial charge is 0.361 e. The van der Waals surface area contributed by atoms with Crippen molar-refractivity contribution in [3.05, 3.63) is 60.0 Å². The highest BCUT2D eigenvalue weighted by molar-refractivity contribution is 5.97. The smallest absolute Gasteiger partial charge is 0.228 e. The van der Waals surface area contributed by atoms with E-state index >= 15 is 0 Å². The summed E-state index contributed by atoms with van der Waals surface area (Å²) in [4.78, 5) is 23.5. The van der Waals surface area contributed by atoms with Crippen LogP contribution in [0.25, 0.3) is 21.9 Å². The number of imidazole rings is 1. The minimum atomic E-state index is -0.0382. The van der Waals surface area contributed by atoms with Gasteiger partial charge in [0.1, 0.15) is 5.82 Å². The van der Waals surface area contributed by atoms with Crippen molar-refractivity contribution in [1.29, 1.82) is 0 Å². The van der Waals surface area contributed by atoms with E-state index in [4.69, 9.17) is 0 Å². The van der Waals surface area contributed by atoms with E-state index in [2.05, 4.69) is 34.1 Å². The number of aromatic amines is 2. The number of anilines is 1. The number of H-pyrrole nitrogens is 2. The van der Waals surface area contributed by atoms with Gasteiger partial charge in [0, 0.05) is 28.7 Å². The van der Waals surface area contributed by atoms with E-state index in [1.54, 1.807) is 0 Å². The molecule has 0 atom stereocenters. The third-order valence-electron chi connectivity index (χ3n) is 4.36. The number of nitrogens with zero attached hydrogens (tertiary/aromatic N) is 1. The molecule has 3 N–H and O–H groups in total. The topological polar surface area (TPSA) is 73.6 Å². The average Bonchev–Trinajstić information content (AvgIpc) is 3.19. The van der Waals surface area contributed by atoms with Gasteiger partial charge in [-0.05, 0) is 29.8 Å². The zero-order valence-electron chi connectivity index (χ0n) is 14.3. The molecule has 5 heteroatoms. The van der Waals surface area contributed by atoms with Crippen LogP contribution in [0.3, 0.4) is 0 Å². The number of hydrogen-bond donors (Lipinski definition) is 3. The van der Waals surface area contributed by atoms with Crippen LogP contribution in [0.2, 0.25) is 0 Å². The van der Waals surface area contributed by atoms with Crippen LogP contribution in [0.15, 0.2) is 48.7 Å². The molecule has 0 saturated carbocycles. The van der Waals surface area contributed by atoms with E-state index in [1.165, 1.54) is 0 Å². The van der Waals surface area contributed by atoms with Gasteiger partial charge in [-0.2, -0.15) is 0 Å². The highest BCUT2D eigenvalue weighted by Gasteiger charge is 2.11. The highest BCUT2D eigenvalue weighted by Crippen LogP contribution is 2.22. The number of para-hydroxylation sites is 1. The average molecular weight is 332 g/mol. The molecule has 126 valence electrons. The first-order chi connectivity index (χ1) is 12.1. The van der Waals surface area contributed by atoms with E-state index in [-0.39, 0.29) is 5.91 Å². The van der Waals surface area contributed by atoms with Gasteiger partial charge < -0.3 is 15.3 Å². The van der Waals surface area contributed by atoms with Crippen molar-refractivity contribution in [1.82, 2.24) is 15.0 Å². The maximum Gasteiger partial charge on any atom is 0.228 e. The second kappa shape index (κ2) is 6.09. The molecule has 0 fully saturated rings. The molecule has 2 aromatic heterocycles. The van der Waals surface area contributed by atoms with E-state index in [0.717, 1.165) is 39.0 Å². The molecular weight excluding hydrogens is 312 g/mol. The van der Waals surface area contributed by atoms with Gasteiger partial charge in [0.15, 0.2) is 0 Å². The van der Waals surface area contributed by atoms with Gasteiger partial charge in [0.05, 0.1) is 17.5 Å². The molecule has 0 aliphatic rings. The predicted octanol–water partition coefficient (Wildman–Crippen LogP) is 4.35. The molecule has 0 saturated heterocycles.